The molecule has 0 unspecified atom stereocenters. The Morgan fingerprint density at radius 2 is 1.96 bits per heavy atom. The molecular weight excluding hydrogens is 374 g/mol. The van der Waals surface area contributed by atoms with Crippen molar-refractivity contribution in [1.82, 2.24) is 20.4 Å². The van der Waals surface area contributed by atoms with Crippen LogP contribution in [0.15, 0.2) is 48.5 Å². The van der Waals surface area contributed by atoms with Crippen LogP contribution in [0.3, 0.4) is 0 Å². The Bertz CT molecular complexity index is 1000. The first-order chi connectivity index (χ1) is 13.0. The van der Waals surface area contributed by atoms with Crippen molar-refractivity contribution >= 4 is 17.5 Å². The third-order valence-corrected chi connectivity index (χ3v) is 4.65. The van der Waals surface area contributed by atoms with Crippen molar-refractivity contribution in [3.63, 3.8) is 0 Å². The number of carbonyl (C=O) groups is 1. The fraction of sp³-hybridized carbons (Fsp3) is 0.158. The van der Waals surface area contributed by atoms with E-state index in [1.165, 1.54) is 0 Å². The highest BCUT2D eigenvalue weighted by Gasteiger charge is 2.27. The van der Waals surface area contributed by atoms with Crippen LogP contribution in [0.1, 0.15) is 22.2 Å². The van der Waals surface area contributed by atoms with Gasteiger partial charge in [-0.1, -0.05) is 23.7 Å². The molecule has 5 nitrogen and oxygen atoms in total. The van der Waals surface area contributed by atoms with E-state index in [2.05, 4.69) is 15.7 Å². The Balaban J connectivity index is 1.60. The fourth-order valence-corrected chi connectivity index (χ4v) is 3.12. The van der Waals surface area contributed by atoms with E-state index in [-0.39, 0.29) is 30.7 Å². The van der Waals surface area contributed by atoms with Gasteiger partial charge in [0.25, 0.3) is 5.91 Å². The minimum absolute atomic E-state index is 0.0969. The van der Waals surface area contributed by atoms with Crippen molar-refractivity contribution in [2.45, 2.75) is 12.7 Å². The van der Waals surface area contributed by atoms with Gasteiger partial charge in [-0.05, 0) is 36.4 Å². The zero-order valence-corrected chi connectivity index (χ0v) is 14.8. The topological polar surface area (TPSA) is 59.0 Å². The molecule has 1 aliphatic heterocycles. The van der Waals surface area contributed by atoms with Gasteiger partial charge in [0.15, 0.2) is 0 Å². The molecule has 0 bridgehead atoms. The van der Waals surface area contributed by atoms with Crippen LogP contribution in [-0.4, -0.2) is 22.2 Å². The van der Waals surface area contributed by atoms with Crippen molar-refractivity contribution in [2.75, 3.05) is 6.54 Å². The Labute approximate surface area is 159 Å². The van der Waals surface area contributed by atoms with E-state index in [4.69, 9.17) is 11.6 Å². The molecule has 27 heavy (non-hydrogen) atoms. The van der Waals surface area contributed by atoms with Gasteiger partial charge >= 0.3 is 0 Å². The van der Waals surface area contributed by atoms with Crippen LogP contribution in [0.4, 0.5) is 8.78 Å². The molecule has 1 aliphatic rings. The molecule has 0 saturated heterocycles. The van der Waals surface area contributed by atoms with E-state index in [0.717, 1.165) is 23.8 Å². The van der Waals surface area contributed by atoms with Crippen molar-refractivity contribution in [1.29, 1.82) is 0 Å². The number of nitrogens with zero attached hydrogens (tertiary/aromatic N) is 2. The molecule has 4 rings (SSSR count). The van der Waals surface area contributed by atoms with Gasteiger partial charge in [0.2, 0.25) is 0 Å². The zero-order valence-electron chi connectivity index (χ0n) is 14.0. The molecule has 138 valence electrons. The quantitative estimate of drug-likeness (QED) is 0.719. The second-order valence-corrected chi connectivity index (χ2v) is 6.65. The zero-order chi connectivity index (χ0) is 19.0. The second-order valence-electron chi connectivity index (χ2n) is 6.21. The van der Waals surface area contributed by atoms with Crippen LogP contribution in [0.5, 0.6) is 0 Å². The monoisotopic (exact) mass is 388 g/mol. The lowest BCUT2D eigenvalue weighted by Gasteiger charge is -2.26. The van der Waals surface area contributed by atoms with E-state index >= 15 is 0 Å². The lowest BCUT2D eigenvalue weighted by molar-refractivity contribution is 0.0900. The third kappa shape index (κ3) is 3.56. The summed E-state index contributed by atoms with van der Waals surface area (Å²) in [6.45, 7) is 0.379. The number of halogens is 3. The number of hydrogen-bond acceptors (Lipinski definition) is 3. The maximum Gasteiger partial charge on any atom is 0.269 e. The van der Waals surface area contributed by atoms with Gasteiger partial charge in [-0.25, -0.2) is 13.5 Å². The highest BCUT2D eigenvalue weighted by molar-refractivity contribution is 6.30. The molecule has 0 radical (unpaired) electrons. The normalized spacial score (nSPS) is 16.1. The van der Waals surface area contributed by atoms with Crippen molar-refractivity contribution in [2.24, 2.45) is 0 Å². The summed E-state index contributed by atoms with van der Waals surface area (Å²) in [5.41, 5.74) is 2.05. The average molecular weight is 389 g/mol. The van der Waals surface area contributed by atoms with E-state index in [0.29, 0.717) is 16.4 Å². The van der Waals surface area contributed by atoms with E-state index in [1.807, 2.05) is 12.1 Å². The van der Waals surface area contributed by atoms with Crippen molar-refractivity contribution < 1.29 is 13.6 Å². The summed E-state index contributed by atoms with van der Waals surface area (Å²) in [7, 11) is 0. The number of nitrogens with one attached hydrogen (secondary N) is 2. The Morgan fingerprint density at radius 3 is 2.74 bits per heavy atom. The number of amides is 1. The van der Waals surface area contributed by atoms with Crippen LogP contribution in [0.25, 0.3) is 11.3 Å². The smallest absolute Gasteiger partial charge is 0.269 e. The van der Waals surface area contributed by atoms with Gasteiger partial charge in [-0.3, -0.25) is 10.1 Å². The second kappa shape index (κ2) is 7.09. The molecule has 0 aliphatic carbocycles. The van der Waals surface area contributed by atoms with Crippen LogP contribution in [-0.2, 0) is 6.54 Å². The third-order valence-electron chi connectivity index (χ3n) is 4.40. The first-order valence-electron chi connectivity index (χ1n) is 8.32. The first kappa shape index (κ1) is 17.6. The van der Waals surface area contributed by atoms with Crippen LogP contribution >= 0.6 is 11.6 Å². The number of benzene rings is 2. The minimum Gasteiger partial charge on any atom is -0.347 e. The van der Waals surface area contributed by atoms with Crippen molar-refractivity contribution in [3.05, 3.63) is 76.4 Å². The van der Waals surface area contributed by atoms with Gasteiger partial charge in [0.1, 0.15) is 23.5 Å². The van der Waals surface area contributed by atoms with Crippen LogP contribution < -0.4 is 10.6 Å². The van der Waals surface area contributed by atoms with Gasteiger partial charge in [0.05, 0.1) is 12.2 Å². The standard InChI is InChI=1S/C19H15ClF2N4O/c20-13-3-1-11(2-4-13)16-8-17-19(27)24-10-18(26(17)25-16)23-9-12-7-14(21)5-6-15(12)22/h1-8,18,23H,9-10H2,(H,24,27)/t18-/m1/s1. The van der Waals surface area contributed by atoms with E-state index in [1.54, 1.807) is 22.9 Å². The summed E-state index contributed by atoms with van der Waals surface area (Å²) in [4.78, 5) is 12.2. The molecule has 0 spiro atoms. The largest absolute Gasteiger partial charge is 0.347 e. The average Bonchev–Trinajstić information content (AvgIpc) is 3.11. The summed E-state index contributed by atoms with van der Waals surface area (Å²) < 4.78 is 28.7. The summed E-state index contributed by atoms with van der Waals surface area (Å²) in [5.74, 6) is -1.24. The van der Waals surface area contributed by atoms with E-state index in [9.17, 15) is 13.6 Å². The molecule has 0 fully saturated rings. The number of hydrogen-bond donors (Lipinski definition) is 2. The number of aromatic nitrogens is 2. The first-order valence-corrected chi connectivity index (χ1v) is 8.70. The molecule has 3 aromatic rings. The Hall–Kier alpha value is -2.77. The molecule has 1 amide bonds. The Kier molecular flexibility index (Phi) is 4.63. The van der Waals surface area contributed by atoms with Crippen LogP contribution in [0.2, 0.25) is 5.02 Å². The van der Waals surface area contributed by atoms with Gasteiger partial charge in [-0.2, -0.15) is 5.10 Å². The molecule has 2 heterocycles. The SMILES string of the molecule is O=C1NC[C@H](NCc2cc(F)ccc2F)n2nc(-c3ccc(Cl)cc3)cc21. The van der Waals surface area contributed by atoms with Gasteiger partial charge in [0, 0.05) is 22.7 Å². The van der Waals surface area contributed by atoms with E-state index < -0.39 is 11.6 Å². The maximum atomic E-state index is 13.8. The predicted molar refractivity (Wildman–Crippen MR) is 97.2 cm³/mol. The number of carbonyl (C=O) groups excluding carboxylic acids is 1. The minimum atomic E-state index is -0.505. The van der Waals surface area contributed by atoms with Gasteiger partial charge in [-0.15, -0.1) is 0 Å². The van der Waals surface area contributed by atoms with Crippen LogP contribution in [0, 0.1) is 11.6 Å². The predicted octanol–water partition coefficient (Wildman–Crippen LogP) is 3.51. The summed E-state index contributed by atoms with van der Waals surface area (Å²) >= 11 is 5.91. The molecule has 1 aromatic heterocycles. The molecular formula is C19H15ClF2N4O. The summed E-state index contributed by atoms with van der Waals surface area (Å²) in [6, 6.07) is 12.1. The lowest BCUT2D eigenvalue weighted by atomic mass is 10.1. The van der Waals surface area contributed by atoms with Crippen molar-refractivity contribution in [3.8, 4) is 11.3 Å². The molecule has 1 atom stereocenters. The highest BCUT2D eigenvalue weighted by Crippen LogP contribution is 2.24. The summed E-state index contributed by atoms with van der Waals surface area (Å²) in [6.07, 6.45) is -0.388. The molecule has 2 aromatic carbocycles. The molecule has 8 heteroatoms. The maximum absolute atomic E-state index is 13.8. The highest BCUT2D eigenvalue weighted by atomic mass is 35.5. The lowest BCUT2D eigenvalue weighted by Crippen LogP contribution is -2.45. The summed E-state index contributed by atoms with van der Waals surface area (Å²) in [5, 5.41) is 11.0. The Morgan fingerprint density at radius 1 is 1.19 bits per heavy atom. The van der Waals surface area contributed by atoms with Gasteiger partial charge < -0.3 is 5.32 Å². The molecule has 2 N–H and O–H groups in total. The fourth-order valence-electron chi connectivity index (χ4n) is 2.99. The number of fused-ring (bicyclic) bond motifs is 1. The molecule has 0 saturated carbocycles. The number of rotatable bonds is 4.